The lowest BCUT2D eigenvalue weighted by Crippen LogP contribution is -2.32. The Kier molecular flexibility index (Phi) is 7.75. The highest BCUT2D eigenvalue weighted by Gasteiger charge is 2.18. The van der Waals surface area contributed by atoms with Crippen molar-refractivity contribution in [1.82, 2.24) is 4.90 Å². The van der Waals surface area contributed by atoms with Crippen LogP contribution in [-0.4, -0.2) is 42.9 Å². The third-order valence-corrected chi connectivity index (χ3v) is 4.23. The van der Waals surface area contributed by atoms with Gasteiger partial charge in [-0.3, -0.25) is 9.59 Å². The number of amides is 2. The molecule has 0 bridgehead atoms. The number of carbonyl (C=O) groups excluding carboxylic acids is 3. The third kappa shape index (κ3) is 5.19. The summed E-state index contributed by atoms with van der Waals surface area (Å²) in [6.07, 6.45) is 1.74. The SMILES string of the molecule is CCCN(CCC)C(=O)c1cccc(C(=O)Nc2ccccc2C(=O)OC)c1. The van der Waals surface area contributed by atoms with Crippen LogP contribution < -0.4 is 5.32 Å². The van der Waals surface area contributed by atoms with Crippen LogP contribution in [0.25, 0.3) is 0 Å². The summed E-state index contributed by atoms with van der Waals surface area (Å²) in [6.45, 7) is 5.41. The van der Waals surface area contributed by atoms with Gasteiger partial charge in [-0.15, -0.1) is 0 Å². The predicted molar refractivity (Wildman–Crippen MR) is 109 cm³/mol. The molecule has 6 heteroatoms. The van der Waals surface area contributed by atoms with Crippen LogP contribution in [-0.2, 0) is 4.74 Å². The summed E-state index contributed by atoms with van der Waals surface area (Å²) in [5.41, 5.74) is 1.44. The van der Waals surface area contributed by atoms with Crippen LogP contribution >= 0.6 is 0 Å². The van der Waals surface area contributed by atoms with Crippen molar-refractivity contribution in [3.8, 4) is 0 Å². The van der Waals surface area contributed by atoms with Crippen molar-refractivity contribution in [3.05, 3.63) is 65.2 Å². The number of hydrogen-bond acceptors (Lipinski definition) is 4. The van der Waals surface area contributed by atoms with E-state index < -0.39 is 11.9 Å². The summed E-state index contributed by atoms with van der Waals surface area (Å²) in [5, 5.41) is 2.72. The van der Waals surface area contributed by atoms with Crippen LogP contribution in [0.4, 0.5) is 5.69 Å². The fourth-order valence-electron chi connectivity index (χ4n) is 2.91. The molecule has 0 saturated heterocycles. The van der Waals surface area contributed by atoms with Crippen molar-refractivity contribution in [2.45, 2.75) is 26.7 Å². The second-order valence-corrected chi connectivity index (χ2v) is 6.36. The molecular weight excluding hydrogens is 356 g/mol. The van der Waals surface area contributed by atoms with Gasteiger partial charge in [0, 0.05) is 24.2 Å². The number of rotatable bonds is 8. The highest BCUT2D eigenvalue weighted by Crippen LogP contribution is 2.18. The number of benzene rings is 2. The number of para-hydroxylation sites is 1. The monoisotopic (exact) mass is 382 g/mol. The zero-order valence-corrected chi connectivity index (χ0v) is 16.5. The quantitative estimate of drug-likeness (QED) is 0.701. The van der Waals surface area contributed by atoms with Gasteiger partial charge in [-0.05, 0) is 43.2 Å². The van der Waals surface area contributed by atoms with E-state index in [1.807, 2.05) is 13.8 Å². The van der Waals surface area contributed by atoms with E-state index in [0.717, 1.165) is 12.8 Å². The summed E-state index contributed by atoms with van der Waals surface area (Å²) in [6, 6.07) is 13.2. The number of methoxy groups -OCH3 is 1. The molecule has 2 amide bonds. The number of carbonyl (C=O) groups is 3. The maximum absolute atomic E-state index is 12.8. The average Bonchev–Trinajstić information content (AvgIpc) is 2.73. The molecule has 0 radical (unpaired) electrons. The third-order valence-electron chi connectivity index (χ3n) is 4.23. The van der Waals surface area contributed by atoms with Gasteiger partial charge in [-0.25, -0.2) is 4.79 Å². The van der Waals surface area contributed by atoms with E-state index in [9.17, 15) is 14.4 Å². The maximum Gasteiger partial charge on any atom is 0.339 e. The maximum atomic E-state index is 12.8. The minimum atomic E-state index is -0.533. The Balaban J connectivity index is 2.23. The van der Waals surface area contributed by atoms with E-state index in [4.69, 9.17) is 4.74 Å². The van der Waals surface area contributed by atoms with Crippen molar-refractivity contribution in [3.63, 3.8) is 0 Å². The molecule has 0 aromatic heterocycles. The van der Waals surface area contributed by atoms with E-state index in [-0.39, 0.29) is 11.5 Å². The smallest absolute Gasteiger partial charge is 0.339 e. The fourth-order valence-corrected chi connectivity index (χ4v) is 2.91. The van der Waals surface area contributed by atoms with Gasteiger partial charge in [0.1, 0.15) is 0 Å². The second kappa shape index (κ2) is 10.3. The summed E-state index contributed by atoms with van der Waals surface area (Å²) in [4.78, 5) is 39.1. The lowest BCUT2D eigenvalue weighted by Gasteiger charge is -2.21. The van der Waals surface area contributed by atoms with Crippen molar-refractivity contribution >= 4 is 23.5 Å². The molecule has 0 spiro atoms. The Labute approximate surface area is 165 Å². The zero-order chi connectivity index (χ0) is 20.5. The zero-order valence-electron chi connectivity index (χ0n) is 16.5. The molecule has 6 nitrogen and oxygen atoms in total. The van der Waals surface area contributed by atoms with Gasteiger partial charge in [0.2, 0.25) is 0 Å². The van der Waals surface area contributed by atoms with Crippen LogP contribution in [0.3, 0.4) is 0 Å². The summed E-state index contributed by atoms with van der Waals surface area (Å²) in [5.74, 6) is -1.02. The van der Waals surface area contributed by atoms with Gasteiger partial charge in [-0.1, -0.05) is 32.0 Å². The van der Waals surface area contributed by atoms with Crippen LogP contribution in [0.15, 0.2) is 48.5 Å². The largest absolute Gasteiger partial charge is 0.465 e. The average molecular weight is 382 g/mol. The number of hydrogen-bond donors (Lipinski definition) is 1. The van der Waals surface area contributed by atoms with Crippen LogP contribution in [0, 0.1) is 0 Å². The predicted octanol–water partition coefficient (Wildman–Crippen LogP) is 3.99. The van der Waals surface area contributed by atoms with E-state index in [1.165, 1.54) is 7.11 Å². The van der Waals surface area contributed by atoms with E-state index >= 15 is 0 Å². The molecule has 0 unspecified atom stereocenters. The standard InChI is InChI=1S/C22H26N2O4/c1-4-13-24(14-5-2)21(26)17-10-8-9-16(15-17)20(25)23-19-12-7-6-11-18(19)22(27)28-3/h6-12,15H,4-5,13-14H2,1-3H3,(H,23,25). The summed E-state index contributed by atoms with van der Waals surface area (Å²) < 4.78 is 4.75. The van der Waals surface area contributed by atoms with Gasteiger partial charge >= 0.3 is 5.97 Å². The molecule has 1 N–H and O–H groups in total. The highest BCUT2D eigenvalue weighted by molar-refractivity contribution is 6.09. The molecule has 2 aromatic rings. The van der Waals surface area contributed by atoms with Crippen LogP contribution in [0.2, 0.25) is 0 Å². The first-order valence-corrected chi connectivity index (χ1v) is 9.39. The summed E-state index contributed by atoms with van der Waals surface area (Å²) in [7, 11) is 1.29. The molecule has 0 aliphatic carbocycles. The normalized spacial score (nSPS) is 10.2. The van der Waals surface area contributed by atoms with Crippen LogP contribution in [0.5, 0.6) is 0 Å². The molecule has 2 aromatic carbocycles. The molecule has 0 aliphatic rings. The molecule has 0 saturated carbocycles. The number of nitrogens with one attached hydrogen (secondary N) is 1. The van der Waals surface area contributed by atoms with Crippen molar-refractivity contribution in [2.75, 3.05) is 25.5 Å². The Bertz CT molecular complexity index is 842. The Hall–Kier alpha value is -3.15. The van der Waals surface area contributed by atoms with Gasteiger partial charge in [0.15, 0.2) is 0 Å². The number of ether oxygens (including phenoxy) is 1. The second-order valence-electron chi connectivity index (χ2n) is 6.36. The first-order chi connectivity index (χ1) is 13.5. The molecule has 0 aliphatic heterocycles. The fraction of sp³-hybridized carbons (Fsp3) is 0.318. The summed E-state index contributed by atoms with van der Waals surface area (Å²) >= 11 is 0. The van der Waals surface area contributed by atoms with Crippen molar-refractivity contribution < 1.29 is 19.1 Å². The van der Waals surface area contributed by atoms with Crippen LogP contribution in [0.1, 0.15) is 57.8 Å². The van der Waals surface area contributed by atoms with Crippen molar-refractivity contribution in [2.24, 2.45) is 0 Å². The first kappa shape index (κ1) is 21.2. The van der Waals surface area contributed by atoms with E-state index in [2.05, 4.69) is 5.32 Å². The number of nitrogens with zero attached hydrogens (tertiary/aromatic N) is 1. The molecule has 2 rings (SSSR count). The van der Waals surface area contributed by atoms with E-state index in [1.54, 1.807) is 53.4 Å². The van der Waals surface area contributed by atoms with E-state index in [0.29, 0.717) is 29.9 Å². The molecule has 28 heavy (non-hydrogen) atoms. The molecule has 0 fully saturated rings. The first-order valence-electron chi connectivity index (χ1n) is 9.39. The van der Waals surface area contributed by atoms with Gasteiger partial charge in [-0.2, -0.15) is 0 Å². The Morgan fingerprint density at radius 1 is 0.929 bits per heavy atom. The molecule has 148 valence electrons. The van der Waals surface area contributed by atoms with Gasteiger partial charge in [0.05, 0.1) is 18.4 Å². The van der Waals surface area contributed by atoms with Gasteiger partial charge < -0.3 is 15.0 Å². The molecule has 0 atom stereocenters. The Morgan fingerprint density at radius 2 is 1.57 bits per heavy atom. The topological polar surface area (TPSA) is 75.7 Å². The number of anilines is 1. The lowest BCUT2D eigenvalue weighted by atomic mass is 10.1. The molecule has 0 heterocycles. The number of esters is 1. The van der Waals surface area contributed by atoms with Gasteiger partial charge in [0.25, 0.3) is 11.8 Å². The minimum Gasteiger partial charge on any atom is -0.465 e. The Morgan fingerprint density at radius 3 is 2.21 bits per heavy atom. The lowest BCUT2D eigenvalue weighted by molar-refractivity contribution is 0.0601. The molecular formula is C22H26N2O4. The highest BCUT2D eigenvalue weighted by atomic mass is 16.5. The van der Waals surface area contributed by atoms with Crippen molar-refractivity contribution in [1.29, 1.82) is 0 Å². The minimum absolute atomic E-state index is 0.0895.